The van der Waals surface area contributed by atoms with Crippen molar-refractivity contribution >= 4 is 42.9 Å². The number of hydrogen-bond acceptors (Lipinski definition) is 2. The predicted octanol–water partition coefficient (Wildman–Crippen LogP) is 6.84. The third-order valence-corrected chi connectivity index (χ3v) is 5.52. The average molecular weight is 357 g/mol. The molecule has 0 fully saturated rings. The van der Waals surface area contributed by atoms with Crippen LogP contribution in [0.3, 0.4) is 0 Å². The second-order valence-corrected chi connectivity index (χ2v) is 6.88. The summed E-state index contributed by atoms with van der Waals surface area (Å²) in [5.74, 6) is 0. The summed E-state index contributed by atoms with van der Waals surface area (Å²) in [6, 6.07) is 19.5. The molecule has 0 atom stereocenters. The van der Waals surface area contributed by atoms with Gasteiger partial charge < -0.3 is 4.90 Å². The van der Waals surface area contributed by atoms with Crippen molar-refractivity contribution in [1.29, 1.82) is 0 Å². The molecule has 0 bridgehead atoms. The van der Waals surface area contributed by atoms with Crippen molar-refractivity contribution in [3.05, 3.63) is 72.3 Å². The zero-order valence-corrected chi connectivity index (χ0v) is 14.2. The Balaban J connectivity index is 1.94. The van der Waals surface area contributed by atoms with Gasteiger partial charge in [0.15, 0.2) is 0 Å². The summed E-state index contributed by atoms with van der Waals surface area (Å²) in [6.45, 7) is 0. The Labute approximate surface area is 146 Å². The molecule has 0 aliphatic carbocycles. The molecule has 1 nitrogen and oxygen atoms in total. The normalized spacial score (nSPS) is 12.0. The molecular weight excluding hydrogens is 343 g/mol. The minimum atomic E-state index is -4.39. The lowest BCUT2D eigenvalue weighted by Gasteiger charge is -2.24. The number of alkyl halides is 3. The first-order chi connectivity index (χ1) is 12.0. The Morgan fingerprint density at radius 3 is 2.20 bits per heavy atom. The van der Waals surface area contributed by atoms with E-state index in [-0.39, 0.29) is 5.69 Å². The summed E-state index contributed by atoms with van der Waals surface area (Å²) in [6.07, 6.45) is -4.39. The van der Waals surface area contributed by atoms with Gasteiger partial charge in [0, 0.05) is 22.5 Å². The Morgan fingerprint density at radius 2 is 1.40 bits per heavy atom. The molecule has 4 aromatic rings. The smallest absolute Gasteiger partial charge is 0.343 e. The molecule has 0 aliphatic rings. The molecule has 0 unspecified atom stereocenters. The molecule has 0 N–H and O–H groups in total. The maximum atomic E-state index is 13.4. The van der Waals surface area contributed by atoms with Gasteiger partial charge in [0.25, 0.3) is 0 Å². The summed E-state index contributed by atoms with van der Waals surface area (Å²) < 4.78 is 42.3. The standard InChI is InChI=1S/C20H14F3NS/c1-24(16-10-4-3-9-15(16)20(21,22)23)17-11-6-8-14-13-7-2-5-12-18(13)25-19(14)17/h2-12H,1H3. The highest BCUT2D eigenvalue weighted by molar-refractivity contribution is 7.26. The van der Waals surface area contributed by atoms with Crippen LogP contribution in [-0.2, 0) is 6.18 Å². The number of nitrogens with zero attached hydrogens (tertiary/aromatic N) is 1. The number of hydrogen-bond donors (Lipinski definition) is 0. The third kappa shape index (κ3) is 2.65. The number of benzene rings is 3. The first-order valence-corrected chi connectivity index (χ1v) is 8.58. The van der Waals surface area contributed by atoms with E-state index in [1.54, 1.807) is 29.4 Å². The van der Waals surface area contributed by atoms with E-state index in [1.807, 2.05) is 42.5 Å². The van der Waals surface area contributed by atoms with Crippen LogP contribution in [0.4, 0.5) is 24.5 Å². The van der Waals surface area contributed by atoms with Gasteiger partial charge in [-0.2, -0.15) is 13.2 Å². The molecule has 5 heteroatoms. The Kier molecular flexibility index (Phi) is 3.69. The van der Waals surface area contributed by atoms with Crippen molar-refractivity contribution in [3.8, 4) is 0 Å². The lowest BCUT2D eigenvalue weighted by molar-refractivity contribution is -0.137. The largest absolute Gasteiger partial charge is 0.418 e. The minimum Gasteiger partial charge on any atom is -0.343 e. The number of anilines is 2. The van der Waals surface area contributed by atoms with Crippen LogP contribution in [0.2, 0.25) is 0 Å². The first-order valence-electron chi connectivity index (χ1n) is 7.77. The molecule has 0 saturated heterocycles. The van der Waals surface area contributed by atoms with Crippen LogP contribution in [0.1, 0.15) is 5.56 Å². The van der Waals surface area contributed by atoms with Crippen LogP contribution in [-0.4, -0.2) is 7.05 Å². The van der Waals surface area contributed by atoms with Crippen LogP contribution in [0, 0.1) is 0 Å². The highest BCUT2D eigenvalue weighted by atomic mass is 32.1. The van der Waals surface area contributed by atoms with Gasteiger partial charge in [-0.05, 0) is 24.3 Å². The second kappa shape index (κ2) is 5.77. The number of fused-ring (bicyclic) bond motifs is 3. The fourth-order valence-corrected chi connectivity index (χ4v) is 4.38. The van der Waals surface area contributed by atoms with Crippen molar-refractivity contribution in [2.24, 2.45) is 0 Å². The van der Waals surface area contributed by atoms with Gasteiger partial charge in [0.2, 0.25) is 0 Å². The topological polar surface area (TPSA) is 3.24 Å². The second-order valence-electron chi connectivity index (χ2n) is 5.83. The van der Waals surface area contributed by atoms with E-state index in [1.165, 1.54) is 12.1 Å². The minimum absolute atomic E-state index is 0.153. The Hall–Kier alpha value is -2.53. The molecular formula is C20H14F3NS. The Morgan fingerprint density at radius 1 is 0.760 bits per heavy atom. The molecule has 4 rings (SSSR count). The summed E-state index contributed by atoms with van der Waals surface area (Å²) in [5.41, 5.74) is 0.297. The van der Waals surface area contributed by atoms with Crippen molar-refractivity contribution in [1.82, 2.24) is 0 Å². The molecule has 0 radical (unpaired) electrons. The summed E-state index contributed by atoms with van der Waals surface area (Å²) in [4.78, 5) is 1.63. The molecule has 0 spiro atoms. The van der Waals surface area contributed by atoms with Crippen LogP contribution >= 0.6 is 11.3 Å². The fourth-order valence-electron chi connectivity index (χ4n) is 3.13. The number of para-hydroxylation sites is 1. The molecule has 3 aromatic carbocycles. The van der Waals surface area contributed by atoms with E-state index in [4.69, 9.17) is 0 Å². The van der Waals surface area contributed by atoms with Gasteiger partial charge >= 0.3 is 6.18 Å². The molecule has 0 aliphatic heterocycles. The highest BCUT2D eigenvalue weighted by Gasteiger charge is 2.34. The fraction of sp³-hybridized carbons (Fsp3) is 0.100. The molecule has 126 valence electrons. The Bertz CT molecular complexity index is 1070. The summed E-state index contributed by atoms with van der Waals surface area (Å²) >= 11 is 1.60. The highest BCUT2D eigenvalue weighted by Crippen LogP contribution is 2.43. The van der Waals surface area contributed by atoms with E-state index in [2.05, 4.69) is 0 Å². The van der Waals surface area contributed by atoms with Crippen LogP contribution in [0.5, 0.6) is 0 Å². The zero-order valence-electron chi connectivity index (χ0n) is 13.3. The van der Waals surface area contributed by atoms with Gasteiger partial charge in [0.05, 0.1) is 21.6 Å². The van der Waals surface area contributed by atoms with Crippen LogP contribution < -0.4 is 4.90 Å². The number of halogens is 3. The molecule has 1 heterocycles. The van der Waals surface area contributed by atoms with Crippen LogP contribution in [0.15, 0.2) is 66.7 Å². The predicted molar refractivity (Wildman–Crippen MR) is 98.8 cm³/mol. The molecule has 1 aromatic heterocycles. The van der Waals surface area contributed by atoms with Gasteiger partial charge in [-0.3, -0.25) is 0 Å². The third-order valence-electron chi connectivity index (χ3n) is 4.32. The summed E-state index contributed by atoms with van der Waals surface area (Å²) in [7, 11) is 1.68. The van der Waals surface area contributed by atoms with E-state index in [0.29, 0.717) is 0 Å². The number of rotatable bonds is 2. The monoisotopic (exact) mass is 357 g/mol. The van der Waals surface area contributed by atoms with Crippen molar-refractivity contribution < 1.29 is 13.2 Å². The first kappa shape index (κ1) is 16.0. The van der Waals surface area contributed by atoms with E-state index < -0.39 is 11.7 Å². The van der Waals surface area contributed by atoms with E-state index in [0.717, 1.165) is 31.9 Å². The van der Waals surface area contributed by atoms with Crippen molar-refractivity contribution in [2.75, 3.05) is 11.9 Å². The van der Waals surface area contributed by atoms with Crippen molar-refractivity contribution in [2.45, 2.75) is 6.18 Å². The zero-order chi connectivity index (χ0) is 17.6. The average Bonchev–Trinajstić information content (AvgIpc) is 2.99. The van der Waals surface area contributed by atoms with E-state index >= 15 is 0 Å². The SMILES string of the molecule is CN(c1ccccc1C(F)(F)F)c1cccc2c1sc1ccccc12. The van der Waals surface area contributed by atoms with Gasteiger partial charge in [-0.1, -0.05) is 42.5 Å². The molecule has 0 saturated carbocycles. The maximum absolute atomic E-state index is 13.4. The maximum Gasteiger partial charge on any atom is 0.418 e. The lowest BCUT2D eigenvalue weighted by Crippen LogP contribution is -2.16. The lowest BCUT2D eigenvalue weighted by atomic mass is 10.1. The van der Waals surface area contributed by atoms with Gasteiger partial charge in [0.1, 0.15) is 0 Å². The van der Waals surface area contributed by atoms with Gasteiger partial charge in [-0.25, -0.2) is 0 Å². The molecule has 0 amide bonds. The van der Waals surface area contributed by atoms with E-state index in [9.17, 15) is 13.2 Å². The van der Waals surface area contributed by atoms with Gasteiger partial charge in [-0.15, -0.1) is 11.3 Å². The number of thiophene rings is 1. The molecule has 25 heavy (non-hydrogen) atoms. The van der Waals surface area contributed by atoms with Crippen LogP contribution in [0.25, 0.3) is 20.2 Å². The quantitative estimate of drug-likeness (QED) is 0.379. The van der Waals surface area contributed by atoms with Crippen molar-refractivity contribution in [3.63, 3.8) is 0 Å². The summed E-state index contributed by atoms with van der Waals surface area (Å²) in [5, 5.41) is 2.19.